The molecule has 2 rings (SSSR count). The molecule has 5 heteroatoms. The van der Waals surface area contributed by atoms with Gasteiger partial charge in [-0.1, -0.05) is 50.3 Å². The Morgan fingerprint density at radius 2 is 1.70 bits per heavy atom. The first kappa shape index (κ1) is 25.3. The van der Waals surface area contributed by atoms with E-state index in [0.717, 1.165) is 19.3 Å². The number of rotatable bonds is 5. The van der Waals surface area contributed by atoms with Crippen molar-refractivity contribution in [3.8, 4) is 0 Å². The molecule has 1 aromatic rings. The van der Waals surface area contributed by atoms with Crippen molar-refractivity contribution in [1.82, 2.24) is 5.32 Å². The van der Waals surface area contributed by atoms with Crippen LogP contribution in [0.3, 0.4) is 0 Å². The summed E-state index contributed by atoms with van der Waals surface area (Å²) >= 11 is 0. The van der Waals surface area contributed by atoms with E-state index < -0.39 is 6.04 Å². The topological polar surface area (TPSA) is 46.2 Å². The largest absolute Gasteiger partial charge is 0.358 e. The Morgan fingerprint density at radius 3 is 2.22 bits per heavy atom. The molecular formula is C18H25NO2WY-2. The van der Waals surface area contributed by atoms with Gasteiger partial charge in [0.15, 0.2) is 0 Å². The molecule has 1 aliphatic carbocycles. The van der Waals surface area contributed by atoms with Gasteiger partial charge < -0.3 is 24.5 Å². The third kappa shape index (κ3) is 8.61. The predicted octanol–water partition coefficient (Wildman–Crippen LogP) is 3.60. The van der Waals surface area contributed by atoms with E-state index in [0.29, 0.717) is 11.5 Å². The molecule has 0 spiro atoms. The summed E-state index contributed by atoms with van der Waals surface area (Å²) in [5.74, 6) is 0.152. The third-order valence-corrected chi connectivity index (χ3v) is 4.02. The molecule has 1 N–H and O–H groups in total. The number of amides is 1. The van der Waals surface area contributed by atoms with Crippen LogP contribution in [0.4, 0.5) is 0 Å². The second-order valence-corrected chi connectivity index (χ2v) is 5.60. The zero-order valence-corrected chi connectivity index (χ0v) is 19.6. The van der Waals surface area contributed by atoms with Crippen LogP contribution in [-0.4, -0.2) is 17.7 Å². The second kappa shape index (κ2) is 13.3. The van der Waals surface area contributed by atoms with Crippen LogP contribution in [0.2, 0.25) is 0 Å². The number of hydrogen-bond donors (Lipinski definition) is 1. The summed E-state index contributed by atoms with van der Waals surface area (Å²) in [6.07, 6.45) is 6.79. The van der Waals surface area contributed by atoms with Crippen molar-refractivity contribution in [3.05, 3.63) is 50.2 Å². The molecule has 125 valence electrons. The SMILES string of the molecule is [CH2-]C(=O)[C@H](CC1CCCCC1)NC(=O)c1ccccc1.[CH3-].[W].[Y]. The quantitative estimate of drug-likeness (QED) is 0.560. The van der Waals surface area contributed by atoms with Gasteiger partial charge in [0.2, 0.25) is 0 Å². The zero-order valence-electron chi connectivity index (χ0n) is 13.8. The van der Waals surface area contributed by atoms with E-state index in [4.69, 9.17) is 0 Å². The number of ketones is 1. The van der Waals surface area contributed by atoms with Gasteiger partial charge in [0, 0.05) is 65.1 Å². The van der Waals surface area contributed by atoms with Crippen LogP contribution in [0, 0.1) is 20.3 Å². The molecule has 0 saturated heterocycles. The standard InChI is InChI=1S/C17H22NO2.CH3.W.Y/c1-13(19)16(12-14-8-4-2-5-9-14)18-17(20)15-10-6-3-7-11-15;;;/h3,6-7,10-11,14,16H,1-2,4-5,8-9,12H2,(H,18,20);1H3;;/q2*-1;;/t16-;;;/m0.../s1. The van der Waals surface area contributed by atoms with E-state index in [2.05, 4.69) is 12.2 Å². The van der Waals surface area contributed by atoms with E-state index in [9.17, 15) is 9.59 Å². The van der Waals surface area contributed by atoms with Crippen molar-refractivity contribution in [2.45, 2.75) is 44.6 Å². The van der Waals surface area contributed by atoms with Crippen LogP contribution in [0.15, 0.2) is 30.3 Å². The predicted molar refractivity (Wildman–Crippen MR) is 85.7 cm³/mol. The maximum absolute atomic E-state index is 12.1. The van der Waals surface area contributed by atoms with Crippen LogP contribution >= 0.6 is 0 Å². The number of carbonyl (C=O) groups excluding carboxylic acids is 2. The average molecular weight is 560 g/mol. The van der Waals surface area contributed by atoms with Gasteiger partial charge in [0.1, 0.15) is 0 Å². The smallest absolute Gasteiger partial charge is 0.251 e. The van der Waals surface area contributed by atoms with E-state index in [1.54, 1.807) is 12.1 Å². The molecule has 23 heavy (non-hydrogen) atoms. The Morgan fingerprint density at radius 1 is 1.13 bits per heavy atom. The first-order valence-electron chi connectivity index (χ1n) is 7.38. The number of benzene rings is 1. The summed E-state index contributed by atoms with van der Waals surface area (Å²) in [7, 11) is 0. The molecule has 0 heterocycles. The van der Waals surface area contributed by atoms with Crippen LogP contribution in [0.25, 0.3) is 0 Å². The Balaban J connectivity index is 0. The summed E-state index contributed by atoms with van der Waals surface area (Å²) in [4.78, 5) is 23.8. The number of Topliss-reactive ketones (excluding diaryl/α,β-unsaturated/α-hetero) is 1. The molecule has 0 bridgehead atoms. The fraction of sp³-hybridized carbons (Fsp3) is 0.444. The molecule has 0 aromatic heterocycles. The average Bonchev–Trinajstić information content (AvgIpc) is 2.48. The molecule has 1 aliphatic rings. The number of nitrogens with one attached hydrogen (secondary N) is 1. The summed E-state index contributed by atoms with van der Waals surface area (Å²) in [6, 6.07) is 8.55. The fourth-order valence-corrected chi connectivity index (χ4v) is 2.86. The van der Waals surface area contributed by atoms with Crippen molar-refractivity contribution in [3.63, 3.8) is 0 Å². The number of carbonyl (C=O) groups is 2. The summed E-state index contributed by atoms with van der Waals surface area (Å²) in [5.41, 5.74) is 0.586. The summed E-state index contributed by atoms with van der Waals surface area (Å²) in [5, 5.41) is 2.83. The summed E-state index contributed by atoms with van der Waals surface area (Å²) in [6.45, 7) is 3.50. The molecule has 0 aliphatic heterocycles. The van der Waals surface area contributed by atoms with Gasteiger partial charge in [0.25, 0.3) is 5.91 Å². The van der Waals surface area contributed by atoms with E-state index in [-0.39, 0.29) is 72.9 Å². The van der Waals surface area contributed by atoms with Crippen molar-refractivity contribution in [2.75, 3.05) is 0 Å². The zero-order chi connectivity index (χ0) is 14.4. The van der Waals surface area contributed by atoms with Gasteiger partial charge in [0.05, 0.1) is 6.04 Å². The van der Waals surface area contributed by atoms with E-state index >= 15 is 0 Å². The van der Waals surface area contributed by atoms with Gasteiger partial charge in [-0.2, -0.15) is 0 Å². The van der Waals surface area contributed by atoms with Gasteiger partial charge in [-0.25, -0.2) is 0 Å². The van der Waals surface area contributed by atoms with Crippen LogP contribution in [0.1, 0.15) is 48.9 Å². The Hall–Kier alpha value is 0.0222. The molecule has 1 radical (unpaired) electrons. The van der Waals surface area contributed by atoms with Crippen molar-refractivity contribution >= 4 is 11.7 Å². The van der Waals surface area contributed by atoms with Crippen LogP contribution < -0.4 is 5.32 Å². The molecule has 1 amide bonds. The van der Waals surface area contributed by atoms with Gasteiger partial charge in [-0.15, -0.1) is 0 Å². The minimum Gasteiger partial charge on any atom is -0.358 e. The van der Waals surface area contributed by atoms with Gasteiger partial charge >= 0.3 is 0 Å². The summed E-state index contributed by atoms with van der Waals surface area (Å²) < 4.78 is 0. The van der Waals surface area contributed by atoms with Gasteiger partial charge in [-0.05, 0) is 24.5 Å². The molecule has 1 atom stereocenters. The Kier molecular flexibility index (Phi) is 14.6. The van der Waals surface area contributed by atoms with Crippen LogP contribution in [0.5, 0.6) is 0 Å². The first-order valence-corrected chi connectivity index (χ1v) is 7.38. The molecular weight excluding hydrogens is 535 g/mol. The monoisotopic (exact) mass is 560 g/mol. The molecule has 3 nitrogen and oxygen atoms in total. The number of hydrogen-bond acceptors (Lipinski definition) is 2. The molecule has 0 unspecified atom stereocenters. The minimum absolute atomic E-state index is 0. The Labute approximate surface area is 179 Å². The maximum atomic E-state index is 12.1. The van der Waals surface area contributed by atoms with Crippen molar-refractivity contribution in [1.29, 1.82) is 0 Å². The van der Waals surface area contributed by atoms with E-state index in [1.807, 2.05) is 18.2 Å². The first-order chi connectivity index (χ1) is 9.66. The third-order valence-electron chi connectivity index (χ3n) is 4.02. The molecule has 1 aromatic carbocycles. The fourth-order valence-electron chi connectivity index (χ4n) is 2.86. The van der Waals surface area contributed by atoms with Crippen molar-refractivity contribution < 1.29 is 63.4 Å². The molecule has 1 saturated carbocycles. The second-order valence-electron chi connectivity index (χ2n) is 5.60. The maximum Gasteiger partial charge on any atom is 0.251 e. The van der Waals surface area contributed by atoms with Crippen LogP contribution in [-0.2, 0) is 58.6 Å². The van der Waals surface area contributed by atoms with Gasteiger partial charge in [-0.3, -0.25) is 4.79 Å². The van der Waals surface area contributed by atoms with Crippen molar-refractivity contribution in [2.24, 2.45) is 5.92 Å². The minimum atomic E-state index is -0.453. The normalized spacial score (nSPS) is 15.1. The molecule has 1 fully saturated rings. The van der Waals surface area contributed by atoms with E-state index in [1.165, 1.54) is 19.3 Å². The Bertz CT molecular complexity index is 461.